The molecule has 1 amide bonds. The third-order valence-electron chi connectivity index (χ3n) is 5.84. The SMILES string of the molecule is C[C@H]1CCc2c(ccc(-c3nncs3)c2OC2CCC2)N1C(=O)C1CC1. The van der Waals surface area contributed by atoms with Gasteiger partial charge in [-0.15, -0.1) is 10.2 Å². The van der Waals surface area contributed by atoms with E-state index in [0.29, 0.717) is 6.10 Å². The molecule has 1 atom stereocenters. The van der Waals surface area contributed by atoms with E-state index in [1.165, 1.54) is 23.3 Å². The van der Waals surface area contributed by atoms with Gasteiger partial charge in [0.15, 0.2) is 5.01 Å². The number of nitrogens with zero attached hydrogens (tertiary/aromatic N) is 3. The van der Waals surface area contributed by atoms with E-state index >= 15 is 0 Å². The highest BCUT2D eigenvalue weighted by molar-refractivity contribution is 7.12. The van der Waals surface area contributed by atoms with Crippen LogP contribution in [0, 0.1) is 5.92 Å². The molecule has 26 heavy (non-hydrogen) atoms. The molecule has 0 N–H and O–H groups in total. The van der Waals surface area contributed by atoms with Crippen molar-refractivity contribution in [2.24, 2.45) is 5.92 Å². The molecular weight excluding hydrogens is 346 g/mol. The summed E-state index contributed by atoms with van der Waals surface area (Å²) >= 11 is 1.53. The number of carbonyl (C=O) groups excluding carboxylic acids is 1. The molecule has 2 saturated carbocycles. The summed E-state index contributed by atoms with van der Waals surface area (Å²) in [7, 11) is 0. The predicted molar refractivity (Wildman–Crippen MR) is 102 cm³/mol. The van der Waals surface area contributed by atoms with Gasteiger partial charge in [-0.3, -0.25) is 4.79 Å². The minimum absolute atomic E-state index is 0.224. The van der Waals surface area contributed by atoms with Crippen LogP contribution in [0.2, 0.25) is 0 Å². The number of amides is 1. The van der Waals surface area contributed by atoms with Gasteiger partial charge in [-0.25, -0.2) is 0 Å². The van der Waals surface area contributed by atoms with E-state index in [4.69, 9.17) is 4.74 Å². The van der Waals surface area contributed by atoms with Crippen LogP contribution in [0.4, 0.5) is 5.69 Å². The van der Waals surface area contributed by atoms with E-state index in [1.807, 2.05) is 4.90 Å². The zero-order valence-corrected chi connectivity index (χ0v) is 15.8. The van der Waals surface area contributed by atoms with Crippen LogP contribution in [0.15, 0.2) is 17.6 Å². The lowest BCUT2D eigenvalue weighted by molar-refractivity contribution is -0.120. The van der Waals surface area contributed by atoms with E-state index in [1.54, 1.807) is 5.51 Å². The minimum Gasteiger partial charge on any atom is -0.489 e. The Bertz CT molecular complexity index is 828. The normalized spacial score (nSPS) is 22.7. The van der Waals surface area contributed by atoms with Crippen molar-refractivity contribution >= 4 is 22.9 Å². The molecule has 2 heterocycles. The van der Waals surface area contributed by atoms with Gasteiger partial charge in [0.05, 0.1) is 17.4 Å². The first-order chi connectivity index (χ1) is 12.7. The molecular formula is C20H23N3O2S. The molecule has 5 nitrogen and oxygen atoms in total. The third kappa shape index (κ3) is 2.71. The second-order valence-corrected chi connectivity index (χ2v) is 8.56. The molecule has 0 spiro atoms. The molecule has 2 aromatic rings. The van der Waals surface area contributed by atoms with Gasteiger partial charge in [0.2, 0.25) is 5.91 Å². The molecule has 1 aromatic carbocycles. The summed E-state index contributed by atoms with van der Waals surface area (Å²) in [6, 6.07) is 4.41. The summed E-state index contributed by atoms with van der Waals surface area (Å²) < 4.78 is 6.44. The number of benzene rings is 1. The Morgan fingerprint density at radius 2 is 2.08 bits per heavy atom. The molecule has 1 aliphatic heterocycles. The van der Waals surface area contributed by atoms with E-state index in [0.717, 1.165) is 60.5 Å². The number of hydrogen-bond donors (Lipinski definition) is 0. The number of aromatic nitrogens is 2. The highest BCUT2D eigenvalue weighted by atomic mass is 32.1. The standard InChI is InChI=1S/C20H23N3O2S/c1-12-5-8-15-17(23(12)20(24)13-6-7-13)10-9-16(19-22-21-11-26-19)18(15)25-14-3-2-4-14/h9-14H,2-8H2,1H3/t12-/m0/s1. The average Bonchev–Trinajstić information content (AvgIpc) is 3.32. The predicted octanol–water partition coefficient (Wildman–Crippen LogP) is 4.21. The van der Waals surface area contributed by atoms with Crippen molar-refractivity contribution in [3.63, 3.8) is 0 Å². The first kappa shape index (κ1) is 16.2. The van der Waals surface area contributed by atoms with Crippen LogP contribution in [-0.2, 0) is 11.2 Å². The zero-order valence-electron chi connectivity index (χ0n) is 15.0. The molecule has 136 valence electrons. The fourth-order valence-corrected chi connectivity index (χ4v) is 4.49. The fraction of sp³-hybridized carbons (Fsp3) is 0.550. The second kappa shape index (κ2) is 6.34. The van der Waals surface area contributed by atoms with Crippen LogP contribution in [0.25, 0.3) is 10.6 Å². The van der Waals surface area contributed by atoms with Crippen molar-refractivity contribution in [2.75, 3.05) is 4.90 Å². The number of fused-ring (bicyclic) bond motifs is 1. The lowest BCUT2D eigenvalue weighted by atomic mass is 9.92. The van der Waals surface area contributed by atoms with Gasteiger partial charge in [0.1, 0.15) is 11.3 Å². The molecule has 2 aliphatic carbocycles. The minimum atomic E-state index is 0.224. The van der Waals surface area contributed by atoms with Gasteiger partial charge >= 0.3 is 0 Å². The number of rotatable bonds is 4. The third-order valence-corrected chi connectivity index (χ3v) is 6.56. The van der Waals surface area contributed by atoms with Gasteiger partial charge in [0, 0.05) is 17.5 Å². The topological polar surface area (TPSA) is 55.3 Å². The van der Waals surface area contributed by atoms with Gasteiger partial charge < -0.3 is 9.64 Å². The quantitative estimate of drug-likeness (QED) is 0.810. The Morgan fingerprint density at radius 1 is 1.23 bits per heavy atom. The maximum absolute atomic E-state index is 12.9. The number of ether oxygens (including phenoxy) is 1. The Balaban J connectivity index is 1.61. The van der Waals surface area contributed by atoms with Crippen LogP contribution in [0.3, 0.4) is 0 Å². The van der Waals surface area contributed by atoms with E-state index in [2.05, 4.69) is 29.3 Å². The molecule has 0 bridgehead atoms. The zero-order chi connectivity index (χ0) is 17.7. The van der Waals surface area contributed by atoms with Gasteiger partial charge in [-0.1, -0.05) is 11.3 Å². The van der Waals surface area contributed by atoms with Crippen molar-refractivity contribution in [2.45, 2.75) is 64.0 Å². The fourth-order valence-electron chi connectivity index (χ4n) is 3.92. The highest BCUT2D eigenvalue weighted by Crippen LogP contribution is 2.46. The number of hydrogen-bond acceptors (Lipinski definition) is 5. The van der Waals surface area contributed by atoms with Crippen molar-refractivity contribution in [3.05, 3.63) is 23.2 Å². The molecule has 0 saturated heterocycles. The lowest BCUT2D eigenvalue weighted by Crippen LogP contribution is -2.43. The summed E-state index contributed by atoms with van der Waals surface area (Å²) in [6.07, 6.45) is 7.74. The number of anilines is 1. The second-order valence-electron chi connectivity index (χ2n) is 7.72. The maximum atomic E-state index is 12.9. The Hall–Kier alpha value is -1.95. The average molecular weight is 369 g/mol. The van der Waals surface area contributed by atoms with Crippen LogP contribution in [0.5, 0.6) is 5.75 Å². The van der Waals surface area contributed by atoms with Crippen molar-refractivity contribution in [1.29, 1.82) is 0 Å². The Kier molecular flexibility index (Phi) is 3.96. The number of carbonyl (C=O) groups is 1. The van der Waals surface area contributed by atoms with Gasteiger partial charge in [-0.2, -0.15) is 0 Å². The molecule has 3 aliphatic rings. The maximum Gasteiger partial charge on any atom is 0.230 e. The monoisotopic (exact) mass is 369 g/mol. The highest BCUT2D eigenvalue weighted by Gasteiger charge is 2.39. The lowest BCUT2D eigenvalue weighted by Gasteiger charge is -2.38. The molecule has 0 radical (unpaired) electrons. The first-order valence-corrected chi connectivity index (χ1v) is 10.5. The largest absolute Gasteiger partial charge is 0.489 e. The van der Waals surface area contributed by atoms with E-state index in [-0.39, 0.29) is 17.9 Å². The van der Waals surface area contributed by atoms with E-state index in [9.17, 15) is 4.79 Å². The van der Waals surface area contributed by atoms with E-state index < -0.39 is 0 Å². The summed E-state index contributed by atoms with van der Waals surface area (Å²) in [4.78, 5) is 14.9. The Morgan fingerprint density at radius 3 is 2.73 bits per heavy atom. The summed E-state index contributed by atoms with van der Waals surface area (Å²) in [6.45, 7) is 2.16. The van der Waals surface area contributed by atoms with Crippen LogP contribution in [0.1, 0.15) is 51.0 Å². The Labute approximate surface area is 157 Å². The van der Waals surface area contributed by atoms with Crippen molar-refractivity contribution < 1.29 is 9.53 Å². The summed E-state index contributed by atoms with van der Waals surface area (Å²) in [5.41, 5.74) is 5.00. The summed E-state index contributed by atoms with van der Waals surface area (Å²) in [5, 5.41) is 9.15. The molecule has 2 fully saturated rings. The van der Waals surface area contributed by atoms with Crippen LogP contribution in [-0.4, -0.2) is 28.3 Å². The smallest absolute Gasteiger partial charge is 0.230 e. The van der Waals surface area contributed by atoms with Gasteiger partial charge in [-0.05, 0) is 64.0 Å². The molecule has 5 rings (SSSR count). The molecule has 0 unspecified atom stereocenters. The van der Waals surface area contributed by atoms with Crippen LogP contribution >= 0.6 is 11.3 Å². The molecule has 1 aromatic heterocycles. The van der Waals surface area contributed by atoms with Crippen molar-refractivity contribution in [3.8, 4) is 16.3 Å². The molecule has 6 heteroatoms. The summed E-state index contributed by atoms with van der Waals surface area (Å²) in [5.74, 6) is 1.45. The first-order valence-electron chi connectivity index (χ1n) is 9.64. The van der Waals surface area contributed by atoms with Crippen molar-refractivity contribution in [1.82, 2.24) is 10.2 Å². The van der Waals surface area contributed by atoms with Gasteiger partial charge in [0.25, 0.3) is 0 Å². The van der Waals surface area contributed by atoms with Crippen LogP contribution < -0.4 is 9.64 Å².